The summed E-state index contributed by atoms with van der Waals surface area (Å²) in [5, 5.41) is 0.598. The van der Waals surface area contributed by atoms with Crippen molar-refractivity contribution in [1.29, 1.82) is 0 Å². The number of halogens is 2. The lowest BCUT2D eigenvalue weighted by Gasteiger charge is -2.24. The highest BCUT2D eigenvalue weighted by Gasteiger charge is 2.30. The first-order chi connectivity index (χ1) is 12.6. The Bertz CT molecular complexity index is 959. The zero-order chi connectivity index (χ0) is 18.1. The number of rotatable bonds is 4. The lowest BCUT2D eigenvalue weighted by Crippen LogP contribution is -2.37. The smallest absolute Gasteiger partial charge is 0.271 e. The normalized spacial score (nSPS) is 13.6. The minimum absolute atomic E-state index is 0.0840. The summed E-state index contributed by atoms with van der Waals surface area (Å²) in [5.74, 6) is -0.577. The first kappa shape index (κ1) is 16.6. The van der Waals surface area contributed by atoms with Crippen molar-refractivity contribution < 1.29 is 18.3 Å². The standard InChI is InChI=1S/C18H13F2N3O2S/c19-11-5-6-15(21-9-11)23-8-7-13-17(18(23)24)26-16(22-13)10-25-14-4-2-1-3-12(14)20/h1-6,9H,7-8,10H2. The third-order valence-electron chi connectivity index (χ3n) is 3.93. The van der Waals surface area contributed by atoms with Gasteiger partial charge in [0.15, 0.2) is 11.6 Å². The van der Waals surface area contributed by atoms with Crippen molar-refractivity contribution in [3.63, 3.8) is 0 Å². The topological polar surface area (TPSA) is 55.3 Å². The first-order valence-corrected chi connectivity index (χ1v) is 8.73. The minimum atomic E-state index is -0.454. The number of benzene rings is 1. The predicted molar refractivity (Wildman–Crippen MR) is 92.4 cm³/mol. The summed E-state index contributed by atoms with van der Waals surface area (Å²) < 4.78 is 32.1. The minimum Gasteiger partial charge on any atom is -0.483 e. The SMILES string of the molecule is O=C1c2sc(COc3ccccc3F)nc2CCN1c1ccc(F)cn1. The molecule has 0 saturated heterocycles. The Hall–Kier alpha value is -2.87. The van der Waals surface area contributed by atoms with Crippen LogP contribution in [0.5, 0.6) is 5.75 Å². The number of fused-ring (bicyclic) bond motifs is 1. The van der Waals surface area contributed by atoms with E-state index in [1.165, 1.54) is 40.5 Å². The fourth-order valence-corrected chi connectivity index (χ4v) is 3.66. The number of anilines is 1. The van der Waals surface area contributed by atoms with Gasteiger partial charge < -0.3 is 4.74 Å². The Balaban J connectivity index is 1.52. The molecule has 8 heteroatoms. The predicted octanol–water partition coefficient (Wildman–Crippen LogP) is 3.60. The second kappa shape index (κ2) is 6.80. The molecule has 4 rings (SSSR count). The average molecular weight is 373 g/mol. The van der Waals surface area contributed by atoms with Crippen LogP contribution in [0.15, 0.2) is 42.6 Å². The molecule has 1 aliphatic heterocycles. The number of amides is 1. The lowest BCUT2D eigenvalue weighted by molar-refractivity contribution is 0.0983. The van der Waals surface area contributed by atoms with Gasteiger partial charge in [0, 0.05) is 13.0 Å². The number of carbonyl (C=O) groups excluding carboxylic acids is 1. The molecule has 0 bridgehead atoms. The second-order valence-electron chi connectivity index (χ2n) is 5.64. The van der Waals surface area contributed by atoms with Gasteiger partial charge in [-0.15, -0.1) is 11.3 Å². The van der Waals surface area contributed by atoms with E-state index < -0.39 is 11.6 Å². The summed E-state index contributed by atoms with van der Waals surface area (Å²) >= 11 is 1.22. The molecular weight excluding hydrogens is 360 g/mol. The van der Waals surface area contributed by atoms with E-state index >= 15 is 0 Å². The molecule has 0 unspecified atom stereocenters. The van der Waals surface area contributed by atoms with Crippen molar-refractivity contribution in [2.75, 3.05) is 11.4 Å². The number of hydrogen-bond donors (Lipinski definition) is 0. The van der Waals surface area contributed by atoms with E-state index in [1.807, 2.05) is 0 Å². The molecule has 0 fully saturated rings. The van der Waals surface area contributed by atoms with E-state index in [1.54, 1.807) is 12.1 Å². The van der Waals surface area contributed by atoms with Gasteiger partial charge in [0.05, 0.1) is 11.9 Å². The van der Waals surface area contributed by atoms with Crippen molar-refractivity contribution in [3.05, 3.63) is 69.8 Å². The molecule has 5 nitrogen and oxygen atoms in total. The van der Waals surface area contributed by atoms with E-state index in [-0.39, 0.29) is 18.3 Å². The molecule has 3 heterocycles. The van der Waals surface area contributed by atoms with Gasteiger partial charge in [0.2, 0.25) is 0 Å². The Morgan fingerprint density at radius 2 is 2.04 bits per heavy atom. The maximum Gasteiger partial charge on any atom is 0.271 e. The highest BCUT2D eigenvalue weighted by Crippen LogP contribution is 2.28. The van der Waals surface area contributed by atoms with Gasteiger partial charge in [0.25, 0.3) is 5.91 Å². The van der Waals surface area contributed by atoms with E-state index in [9.17, 15) is 13.6 Å². The summed E-state index contributed by atoms with van der Waals surface area (Å²) in [5.41, 5.74) is 0.700. The van der Waals surface area contributed by atoms with Crippen LogP contribution in [0.2, 0.25) is 0 Å². The zero-order valence-corrected chi connectivity index (χ0v) is 14.3. The van der Waals surface area contributed by atoms with Crippen molar-refractivity contribution in [1.82, 2.24) is 9.97 Å². The summed E-state index contributed by atoms with van der Waals surface area (Å²) in [7, 11) is 0. The fraction of sp³-hybridized carbons (Fsp3) is 0.167. The van der Waals surface area contributed by atoms with Crippen LogP contribution in [0, 0.1) is 11.6 Å². The summed E-state index contributed by atoms with van der Waals surface area (Å²) in [6.07, 6.45) is 1.65. The highest BCUT2D eigenvalue weighted by atomic mass is 32.1. The van der Waals surface area contributed by atoms with Crippen LogP contribution in [0.3, 0.4) is 0 Å². The van der Waals surface area contributed by atoms with Crippen molar-refractivity contribution >= 4 is 23.1 Å². The van der Waals surface area contributed by atoms with Gasteiger partial charge in [-0.3, -0.25) is 9.69 Å². The number of nitrogens with zero attached hydrogens (tertiary/aromatic N) is 3. The largest absolute Gasteiger partial charge is 0.483 e. The van der Waals surface area contributed by atoms with E-state index in [2.05, 4.69) is 9.97 Å². The molecule has 132 valence electrons. The van der Waals surface area contributed by atoms with Crippen LogP contribution in [0.1, 0.15) is 20.4 Å². The van der Waals surface area contributed by atoms with Gasteiger partial charge in [-0.25, -0.2) is 18.7 Å². The van der Waals surface area contributed by atoms with Crippen molar-refractivity contribution in [2.45, 2.75) is 13.0 Å². The number of pyridine rings is 1. The first-order valence-electron chi connectivity index (χ1n) is 7.91. The van der Waals surface area contributed by atoms with Crippen LogP contribution in [0.4, 0.5) is 14.6 Å². The van der Waals surface area contributed by atoms with E-state index in [4.69, 9.17) is 4.74 Å². The number of carbonyl (C=O) groups is 1. The van der Waals surface area contributed by atoms with Gasteiger partial charge in [0.1, 0.15) is 28.1 Å². The summed E-state index contributed by atoms with van der Waals surface area (Å²) in [6.45, 7) is 0.502. The maximum atomic E-state index is 13.6. The Labute approximate surface area is 151 Å². The second-order valence-corrected chi connectivity index (χ2v) is 6.73. The number of thiazole rings is 1. The van der Waals surface area contributed by atoms with Crippen LogP contribution in [-0.4, -0.2) is 22.4 Å². The summed E-state index contributed by atoms with van der Waals surface area (Å²) in [6, 6.07) is 8.87. The number of hydrogen-bond acceptors (Lipinski definition) is 5. The van der Waals surface area contributed by atoms with E-state index in [0.717, 1.165) is 6.20 Å². The molecule has 1 amide bonds. The number of ether oxygens (including phenoxy) is 1. The van der Waals surface area contributed by atoms with Crippen LogP contribution >= 0.6 is 11.3 Å². The van der Waals surface area contributed by atoms with Crippen molar-refractivity contribution in [3.8, 4) is 5.75 Å². The Morgan fingerprint density at radius 1 is 1.19 bits per heavy atom. The molecule has 0 aliphatic carbocycles. The van der Waals surface area contributed by atoms with Gasteiger partial charge in [-0.1, -0.05) is 12.1 Å². The van der Waals surface area contributed by atoms with Crippen LogP contribution in [0.25, 0.3) is 0 Å². The number of para-hydroxylation sites is 1. The molecular formula is C18H13F2N3O2S. The van der Waals surface area contributed by atoms with Gasteiger partial charge >= 0.3 is 0 Å². The van der Waals surface area contributed by atoms with Gasteiger partial charge in [-0.2, -0.15) is 0 Å². The van der Waals surface area contributed by atoms with Crippen LogP contribution < -0.4 is 9.64 Å². The number of aromatic nitrogens is 2. The molecule has 1 aromatic carbocycles. The zero-order valence-electron chi connectivity index (χ0n) is 13.5. The molecule has 0 N–H and O–H groups in total. The molecule has 2 aromatic heterocycles. The molecule has 26 heavy (non-hydrogen) atoms. The average Bonchev–Trinajstić information content (AvgIpc) is 3.06. The highest BCUT2D eigenvalue weighted by molar-refractivity contribution is 7.14. The molecule has 0 saturated carbocycles. The van der Waals surface area contributed by atoms with E-state index in [0.29, 0.717) is 34.4 Å². The molecule has 0 spiro atoms. The molecule has 1 aliphatic rings. The van der Waals surface area contributed by atoms with Crippen LogP contribution in [-0.2, 0) is 13.0 Å². The molecule has 3 aromatic rings. The summed E-state index contributed by atoms with van der Waals surface area (Å²) in [4.78, 5) is 23.1. The fourth-order valence-electron chi connectivity index (χ4n) is 2.69. The molecule has 0 atom stereocenters. The quantitative estimate of drug-likeness (QED) is 0.701. The lowest BCUT2D eigenvalue weighted by atomic mass is 10.1. The monoisotopic (exact) mass is 373 g/mol. The van der Waals surface area contributed by atoms with Gasteiger partial charge in [-0.05, 0) is 24.3 Å². The van der Waals surface area contributed by atoms with Crippen molar-refractivity contribution in [2.24, 2.45) is 0 Å². The maximum absolute atomic E-state index is 13.6. The third kappa shape index (κ3) is 3.15. The molecule has 0 radical (unpaired) electrons. The third-order valence-corrected chi connectivity index (χ3v) is 4.99. The Kier molecular flexibility index (Phi) is 4.34. The Morgan fingerprint density at radius 3 is 2.81 bits per heavy atom.